The van der Waals surface area contributed by atoms with E-state index in [2.05, 4.69) is 15.6 Å². The van der Waals surface area contributed by atoms with Crippen LogP contribution in [0.15, 0.2) is 47.8 Å². The number of amides is 2. The maximum atomic E-state index is 12.3. The topological polar surface area (TPSA) is 113 Å². The summed E-state index contributed by atoms with van der Waals surface area (Å²) in [6.07, 6.45) is 0. The van der Waals surface area contributed by atoms with Gasteiger partial charge in [0.25, 0.3) is 5.91 Å². The van der Waals surface area contributed by atoms with Crippen LogP contribution in [0.4, 0.5) is 5.13 Å². The highest BCUT2D eigenvalue weighted by Crippen LogP contribution is 2.29. The zero-order valence-corrected chi connectivity index (χ0v) is 19.4. The van der Waals surface area contributed by atoms with Crippen molar-refractivity contribution in [1.82, 2.24) is 10.3 Å². The van der Waals surface area contributed by atoms with Gasteiger partial charge in [0.1, 0.15) is 0 Å². The molecule has 0 fully saturated rings. The second kappa shape index (κ2) is 11.1. The number of ether oxygens (including phenoxy) is 2. The van der Waals surface area contributed by atoms with Gasteiger partial charge in [-0.25, -0.2) is 4.98 Å². The molecule has 0 spiro atoms. The van der Waals surface area contributed by atoms with Crippen molar-refractivity contribution in [2.24, 2.45) is 0 Å². The molecule has 8 nitrogen and oxygen atoms in total. The van der Waals surface area contributed by atoms with Crippen molar-refractivity contribution in [3.63, 3.8) is 0 Å². The van der Waals surface area contributed by atoms with Gasteiger partial charge in [0.2, 0.25) is 5.91 Å². The Balaban J connectivity index is 1.59. The maximum Gasteiger partial charge on any atom is 0.264 e. The van der Waals surface area contributed by atoms with Crippen molar-refractivity contribution in [2.75, 3.05) is 18.5 Å². The van der Waals surface area contributed by atoms with Crippen LogP contribution < -0.4 is 20.1 Å². The third-order valence-corrected chi connectivity index (χ3v) is 5.37. The Hall–Kier alpha value is -3.90. The number of hydrogen-bond acceptors (Lipinski definition) is 7. The van der Waals surface area contributed by atoms with Crippen LogP contribution in [0.2, 0.25) is 0 Å². The first-order valence-electron chi connectivity index (χ1n) is 10.3. The Morgan fingerprint density at radius 1 is 1.15 bits per heavy atom. The Morgan fingerprint density at radius 2 is 1.91 bits per heavy atom. The molecule has 0 radical (unpaired) electrons. The average molecular weight is 465 g/mol. The lowest BCUT2D eigenvalue weighted by Gasteiger charge is -2.13. The molecule has 1 unspecified atom stereocenters. The minimum atomic E-state index is -0.359. The first-order chi connectivity index (χ1) is 15.9. The average Bonchev–Trinajstić information content (AvgIpc) is 3.26. The third kappa shape index (κ3) is 6.54. The number of hydrogen-bond donors (Lipinski definition) is 2. The molecule has 1 atom stereocenters. The van der Waals surface area contributed by atoms with Crippen molar-refractivity contribution in [1.29, 1.82) is 5.26 Å². The smallest absolute Gasteiger partial charge is 0.264 e. The van der Waals surface area contributed by atoms with Gasteiger partial charge in [0, 0.05) is 23.9 Å². The fourth-order valence-corrected chi connectivity index (χ4v) is 3.79. The minimum absolute atomic E-state index is 0.0799. The molecule has 170 valence electrons. The summed E-state index contributed by atoms with van der Waals surface area (Å²) < 4.78 is 11.1. The van der Waals surface area contributed by atoms with Crippen molar-refractivity contribution in [3.05, 3.63) is 59.0 Å². The van der Waals surface area contributed by atoms with E-state index < -0.39 is 0 Å². The van der Waals surface area contributed by atoms with Crippen molar-refractivity contribution in [3.8, 4) is 28.8 Å². The van der Waals surface area contributed by atoms with Gasteiger partial charge < -0.3 is 14.8 Å². The van der Waals surface area contributed by atoms with Crippen molar-refractivity contribution < 1.29 is 19.1 Å². The van der Waals surface area contributed by atoms with E-state index >= 15 is 0 Å². The SMILES string of the molecule is CCOc1cc(C#N)ccc1OCC(=O)Nc1nc(-c2ccc(C(C)NC(C)=O)cc2)cs1. The number of thiazole rings is 1. The molecule has 0 bridgehead atoms. The molecular weight excluding hydrogens is 440 g/mol. The van der Waals surface area contributed by atoms with Crippen molar-refractivity contribution >= 4 is 28.3 Å². The molecule has 9 heteroatoms. The van der Waals surface area contributed by atoms with Crippen LogP contribution in [-0.2, 0) is 9.59 Å². The lowest BCUT2D eigenvalue weighted by Crippen LogP contribution is -2.23. The highest BCUT2D eigenvalue weighted by Gasteiger charge is 2.12. The first-order valence-corrected chi connectivity index (χ1v) is 11.2. The monoisotopic (exact) mass is 464 g/mol. The van der Waals surface area contributed by atoms with Gasteiger partial charge in [-0.3, -0.25) is 14.9 Å². The van der Waals surface area contributed by atoms with E-state index in [0.717, 1.165) is 16.8 Å². The van der Waals surface area contributed by atoms with Gasteiger partial charge in [-0.1, -0.05) is 24.3 Å². The lowest BCUT2D eigenvalue weighted by molar-refractivity contribution is -0.119. The zero-order valence-electron chi connectivity index (χ0n) is 18.5. The second-order valence-electron chi connectivity index (χ2n) is 7.13. The minimum Gasteiger partial charge on any atom is -0.490 e. The van der Waals surface area contributed by atoms with Crippen LogP contribution in [0.3, 0.4) is 0 Å². The number of nitriles is 1. The summed E-state index contributed by atoms with van der Waals surface area (Å²) in [6, 6.07) is 14.5. The van der Waals surface area contributed by atoms with Crippen LogP contribution in [-0.4, -0.2) is 30.0 Å². The lowest BCUT2D eigenvalue weighted by atomic mass is 10.1. The number of nitrogens with zero attached hydrogens (tertiary/aromatic N) is 2. The van der Waals surface area contributed by atoms with Gasteiger partial charge in [0.15, 0.2) is 23.2 Å². The van der Waals surface area contributed by atoms with E-state index in [-0.39, 0.29) is 24.5 Å². The maximum absolute atomic E-state index is 12.3. The largest absolute Gasteiger partial charge is 0.490 e. The van der Waals surface area contributed by atoms with Crippen LogP contribution >= 0.6 is 11.3 Å². The van der Waals surface area contributed by atoms with Gasteiger partial charge in [-0.05, 0) is 31.5 Å². The number of aromatic nitrogens is 1. The number of carbonyl (C=O) groups excluding carboxylic acids is 2. The molecule has 2 amide bonds. The molecule has 33 heavy (non-hydrogen) atoms. The molecule has 1 aromatic heterocycles. The van der Waals surface area contributed by atoms with E-state index in [1.807, 2.05) is 49.6 Å². The quantitative estimate of drug-likeness (QED) is 0.488. The number of anilines is 1. The second-order valence-corrected chi connectivity index (χ2v) is 7.98. The number of rotatable bonds is 9. The zero-order chi connectivity index (χ0) is 23.8. The Kier molecular flexibility index (Phi) is 8.00. The van der Waals surface area contributed by atoms with Crippen LogP contribution in [0.25, 0.3) is 11.3 Å². The fourth-order valence-electron chi connectivity index (χ4n) is 3.06. The molecule has 0 saturated carbocycles. The summed E-state index contributed by atoms with van der Waals surface area (Å²) >= 11 is 1.31. The molecular formula is C24H24N4O4S. The highest BCUT2D eigenvalue weighted by molar-refractivity contribution is 7.14. The highest BCUT2D eigenvalue weighted by atomic mass is 32.1. The summed E-state index contributed by atoms with van der Waals surface area (Å²) in [5.74, 6) is 0.363. The normalized spacial score (nSPS) is 11.2. The summed E-state index contributed by atoms with van der Waals surface area (Å²) in [5, 5.41) is 16.9. The van der Waals surface area contributed by atoms with E-state index in [9.17, 15) is 9.59 Å². The molecule has 0 saturated heterocycles. The van der Waals surface area contributed by atoms with Gasteiger partial charge in [-0.15, -0.1) is 11.3 Å². The van der Waals surface area contributed by atoms with E-state index in [0.29, 0.717) is 28.8 Å². The molecule has 2 aromatic carbocycles. The molecule has 1 heterocycles. The number of nitrogens with one attached hydrogen (secondary N) is 2. The summed E-state index contributed by atoms with van der Waals surface area (Å²) in [6.45, 7) is 5.42. The van der Waals surface area contributed by atoms with E-state index in [1.54, 1.807) is 18.2 Å². The van der Waals surface area contributed by atoms with E-state index in [1.165, 1.54) is 18.3 Å². The Morgan fingerprint density at radius 3 is 2.58 bits per heavy atom. The Bertz CT molecular complexity index is 1170. The third-order valence-electron chi connectivity index (χ3n) is 4.61. The van der Waals surface area contributed by atoms with Crippen LogP contribution in [0.1, 0.15) is 37.9 Å². The number of carbonyl (C=O) groups is 2. The standard InChI is InChI=1S/C24H24N4O4S/c1-4-31-22-11-17(12-25)5-10-21(22)32-13-23(30)28-24-27-20(14-33-24)19-8-6-18(7-9-19)15(2)26-16(3)29/h5-11,14-15H,4,13H2,1-3H3,(H,26,29)(H,27,28,30). The number of benzene rings is 2. The van der Waals surface area contributed by atoms with Gasteiger partial charge in [-0.2, -0.15) is 5.26 Å². The predicted octanol–water partition coefficient (Wildman–Crippen LogP) is 4.30. The molecule has 0 aliphatic rings. The molecule has 3 aromatic rings. The predicted molar refractivity (Wildman–Crippen MR) is 126 cm³/mol. The molecule has 0 aliphatic carbocycles. The molecule has 3 rings (SSSR count). The van der Waals surface area contributed by atoms with Gasteiger partial charge in [0.05, 0.1) is 30.0 Å². The van der Waals surface area contributed by atoms with E-state index in [4.69, 9.17) is 14.7 Å². The fraction of sp³-hybridized carbons (Fsp3) is 0.250. The summed E-state index contributed by atoms with van der Waals surface area (Å²) in [5.41, 5.74) is 3.08. The first kappa shape index (κ1) is 23.8. The van der Waals surface area contributed by atoms with Crippen LogP contribution in [0.5, 0.6) is 11.5 Å². The molecule has 0 aliphatic heterocycles. The molecule has 2 N–H and O–H groups in total. The van der Waals surface area contributed by atoms with Crippen LogP contribution in [0, 0.1) is 11.3 Å². The summed E-state index contributed by atoms with van der Waals surface area (Å²) in [4.78, 5) is 28.0. The van der Waals surface area contributed by atoms with Gasteiger partial charge >= 0.3 is 0 Å². The Labute approximate surface area is 196 Å². The summed E-state index contributed by atoms with van der Waals surface area (Å²) in [7, 11) is 0. The van der Waals surface area contributed by atoms with Crippen molar-refractivity contribution in [2.45, 2.75) is 26.8 Å².